The zero-order chi connectivity index (χ0) is 22.1. The maximum absolute atomic E-state index is 13.5. The SMILES string of the molecule is C=CCN1C(=O)N[C@@H](c2cc(C)c(C)cc2C)C2=C1CN(CC[NH+]1CCOCC1)C2=O. The Balaban J connectivity index is 1.64. The minimum atomic E-state index is -0.420. The monoisotopic (exact) mass is 425 g/mol. The van der Waals surface area contributed by atoms with Crippen molar-refractivity contribution in [2.75, 3.05) is 52.5 Å². The maximum atomic E-state index is 13.5. The molecule has 1 aromatic rings. The van der Waals surface area contributed by atoms with Gasteiger partial charge in [0.25, 0.3) is 5.91 Å². The van der Waals surface area contributed by atoms with E-state index in [9.17, 15) is 9.59 Å². The highest BCUT2D eigenvalue weighted by molar-refractivity contribution is 6.01. The van der Waals surface area contributed by atoms with E-state index in [4.69, 9.17) is 4.74 Å². The molecule has 1 aromatic carbocycles. The summed E-state index contributed by atoms with van der Waals surface area (Å²) < 4.78 is 5.44. The average Bonchev–Trinajstić information content (AvgIpc) is 3.08. The van der Waals surface area contributed by atoms with Crippen LogP contribution in [0.2, 0.25) is 0 Å². The number of hydrogen-bond acceptors (Lipinski definition) is 3. The molecule has 3 amide bonds. The second-order valence-electron chi connectivity index (χ2n) is 8.77. The van der Waals surface area contributed by atoms with E-state index in [-0.39, 0.29) is 11.9 Å². The molecular formula is C24H33N4O3+. The Hall–Kier alpha value is -2.64. The van der Waals surface area contributed by atoms with Gasteiger partial charge in [-0.05, 0) is 43.0 Å². The van der Waals surface area contributed by atoms with Gasteiger partial charge >= 0.3 is 6.03 Å². The van der Waals surface area contributed by atoms with E-state index in [0.717, 1.165) is 55.2 Å². The molecule has 3 aliphatic heterocycles. The molecule has 0 unspecified atom stereocenters. The van der Waals surface area contributed by atoms with Crippen LogP contribution in [0, 0.1) is 20.8 Å². The van der Waals surface area contributed by atoms with E-state index in [0.29, 0.717) is 25.2 Å². The third-order valence-electron chi connectivity index (χ3n) is 6.74. The molecule has 7 heteroatoms. The second kappa shape index (κ2) is 8.85. The van der Waals surface area contributed by atoms with Gasteiger partial charge in [-0.2, -0.15) is 0 Å². The van der Waals surface area contributed by atoms with E-state index in [1.807, 2.05) is 11.8 Å². The maximum Gasteiger partial charge on any atom is 0.322 e. The molecule has 0 aromatic heterocycles. The number of amides is 3. The zero-order valence-corrected chi connectivity index (χ0v) is 18.8. The van der Waals surface area contributed by atoms with Gasteiger partial charge < -0.3 is 19.9 Å². The summed E-state index contributed by atoms with van der Waals surface area (Å²) in [5.74, 6) is 0.0272. The number of carbonyl (C=O) groups excluding carboxylic acids is 2. The van der Waals surface area contributed by atoms with Crippen molar-refractivity contribution in [3.8, 4) is 0 Å². The lowest BCUT2D eigenvalue weighted by atomic mass is 9.90. The van der Waals surface area contributed by atoms with Crippen LogP contribution in [0.4, 0.5) is 4.79 Å². The van der Waals surface area contributed by atoms with Gasteiger partial charge in [-0.3, -0.25) is 9.69 Å². The average molecular weight is 426 g/mol. The minimum Gasteiger partial charge on any atom is -0.370 e. The zero-order valence-electron chi connectivity index (χ0n) is 18.8. The Morgan fingerprint density at radius 2 is 1.87 bits per heavy atom. The fourth-order valence-corrected chi connectivity index (χ4v) is 4.78. The van der Waals surface area contributed by atoms with Crippen molar-refractivity contribution in [3.63, 3.8) is 0 Å². The molecule has 4 rings (SSSR count). The number of benzene rings is 1. The summed E-state index contributed by atoms with van der Waals surface area (Å²) in [4.78, 5) is 31.5. The fourth-order valence-electron chi connectivity index (χ4n) is 4.78. The van der Waals surface area contributed by atoms with Crippen molar-refractivity contribution >= 4 is 11.9 Å². The molecule has 1 atom stereocenters. The molecule has 2 N–H and O–H groups in total. The Kier molecular flexibility index (Phi) is 6.16. The standard InChI is InChI=1S/C24H32N4O3/c1-5-6-28-20-15-27(8-7-26-9-11-31-12-10-26)23(29)21(20)22(25-24(28)30)19-14-17(3)16(2)13-18(19)4/h5,13-14,22H,1,6-12,15H2,2-4H3,(H,25,30)/p+1/t22-/m0/s1. The van der Waals surface area contributed by atoms with Gasteiger partial charge in [0.05, 0.1) is 50.2 Å². The van der Waals surface area contributed by atoms with E-state index in [1.165, 1.54) is 10.5 Å². The van der Waals surface area contributed by atoms with Crippen LogP contribution in [-0.4, -0.2) is 74.2 Å². The van der Waals surface area contributed by atoms with Crippen molar-refractivity contribution in [1.29, 1.82) is 0 Å². The minimum absolute atomic E-state index is 0.0272. The van der Waals surface area contributed by atoms with Crippen molar-refractivity contribution in [1.82, 2.24) is 15.1 Å². The third kappa shape index (κ3) is 4.12. The first-order chi connectivity index (χ1) is 14.9. The molecule has 0 radical (unpaired) electrons. The van der Waals surface area contributed by atoms with Gasteiger partial charge in [0.2, 0.25) is 0 Å². The lowest BCUT2D eigenvalue weighted by Crippen LogP contribution is -3.14. The van der Waals surface area contributed by atoms with Crippen molar-refractivity contribution < 1.29 is 19.2 Å². The molecule has 0 aliphatic carbocycles. The molecule has 0 saturated carbocycles. The highest BCUT2D eigenvalue weighted by Crippen LogP contribution is 2.37. The molecule has 166 valence electrons. The first-order valence-electron chi connectivity index (χ1n) is 11.1. The van der Waals surface area contributed by atoms with Crippen molar-refractivity contribution in [2.45, 2.75) is 26.8 Å². The molecule has 0 bridgehead atoms. The van der Waals surface area contributed by atoms with Crippen molar-refractivity contribution in [2.24, 2.45) is 0 Å². The number of urea groups is 1. The largest absolute Gasteiger partial charge is 0.370 e. The Morgan fingerprint density at radius 3 is 2.58 bits per heavy atom. The van der Waals surface area contributed by atoms with Gasteiger partial charge in [0, 0.05) is 6.54 Å². The van der Waals surface area contributed by atoms with Gasteiger partial charge in [-0.1, -0.05) is 18.2 Å². The van der Waals surface area contributed by atoms with E-state index in [2.05, 4.69) is 37.9 Å². The Morgan fingerprint density at radius 1 is 1.16 bits per heavy atom. The summed E-state index contributed by atoms with van der Waals surface area (Å²) in [5, 5.41) is 3.10. The van der Waals surface area contributed by atoms with Crippen LogP contribution in [0.15, 0.2) is 36.1 Å². The highest BCUT2D eigenvalue weighted by atomic mass is 16.5. The van der Waals surface area contributed by atoms with E-state index < -0.39 is 6.04 Å². The highest BCUT2D eigenvalue weighted by Gasteiger charge is 2.44. The van der Waals surface area contributed by atoms with Crippen LogP contribution in [0.5, 0.6) is 0 Å². The number of nitrogens with zero attached hydrogens (tertiary/aromatic N) is 2. The quantitative estimate of drug-likeness (QED) is 0.665. The topological polar surface area (TPSA) is 66.3 Å². The molecule has 1 fully saturated rings. The van der Waals surface area contributed by atoms with Crippen LogP contribution >= 0.6 is 0 Å². The number of rotatable bonds is 6. The lowest BCUT2D eigenvalue weighted by molar-refractivity contribution is -0.907. The number of ether oxygens (including phenoxy) is 1. The normalized spacial score (nSPS) is 22.1. The van der Waals surface area contributed by atoms with Gasteiger partial charge in [0.15, 0.2) is 0 Å². The van der Waals surface area contributed by atoms with E-state index in [1.54, 1.807) is 11.0 Å². The first-order valence-corrected chi connectivity index (χ1v) is 11.1. The first kappa shape index (κ1) is 21.6. The van der Waals surface area contributed by atoms with Crippen LogP contribution in [0.25, 0.3) is 0 Å². The van der Waals surface area contributed by atoms with Gasteiger partial charge in [-0.15, -0.1) is 6.58 Å². The molecule has 0 spiro atoms. The van der Waals surface area contributed by atoms with E-state index >= 15 is 0 Å². The Labute approximate surface area is 184 Å². The molecule has 3 aliphatic rings. The predicted molar refractivity (Wildman–Crippen MR) is 119 cm³/mol. The summed E-state index contributed by atoms with van der Waals surface area (Å²) in [6.07, 6.45) is 1.71. The van der Waals surface area contributed by atoms with Crippen LogP contribution in [0.3, 0.4) is 0 Å². The number of nitrogens with one attached hydrogen (secondary N) is 2. The molecule has 31 heavy (non-hydrogen) atoms. The number of quaternary nitrogens is 1. The second-order valence-corrected chi connectivity index (χ2v) is 8.77. The molecule has 1 saturated heterocycles. The molecular weight excluding hydrogens is 392 g/mol. The molecule has 3 heterocycles. The third-order valence-corrected chi connectivity index (χ3v) is 6.74. The summed E-state index contributed by atoms with van der Waals surface area (Å²) in [5.41, 5.74) is 5.96. The predicted octanol–water partition coefficient (Wildman–Crippen LogP) is 0.876. The van der Waals surface area contributed by atoms with Crippen LogP contribution in [0.1, 0.15) is 28.3 Å². The number of aryl methyl sites for hydroxylation is 3. The van der Waals surface area contributed by atoms with Gasteiger partial charge in [-0.25, -0.2) is 4.79 Å². The van der Waals surface area contributed by atoms with Crippen LogP contribution < -0.4 is 10.2 Å². The summed E-state index contributed by atoms with van der Waals surface area (Å²) in [6.45, 7) is 15.9. The van der Waals surface area contributed by atoms with Crippen molar-refractivity contribution in [3.05, 3.63) is 58.3 Å². The number of carbonyl (C=O) groups is 2. The fraction of sp³-hybridized carbons (Fsp3) is 0.500. The summed E-state index contributed by atoms with van der Waals surface area (Å²) in [6, 6.07) is 3.65. The summed E-state index contributed by atoms with van der Waals surface area (Å²) in [7, 11) is 0. The lowest BCUT2D eigenvalue weighted by Gasteiger charge is -2.33. The number of hydrogen-bond donors (Lipinski definition) is 2. The van der Waals surface area contributed by atoms with Crippen LogP contribution in [-0.2, 0) is 9.53 Å². The number of morpholine rings is 1. The summed E-state index contributed by atoms with van der Waals surface area (Å²) >= 11 is 0. The molecule has 7 nitrogen and oxygen atoms in total. The smallest absolute Gasteiger partial charge is 0.322 e. The Bertz CT molecular complexity index is 933. The van der Waals surface area contributed by atoms with Gasteiger partial charge in [0.1, 0.15) is 13.1 Å².